The number of amides is 1. The average Bonchev–Trinajstić information content (AvgIpc) is 3.02. The van der Waals surface area contributed by atoms with Gasteiger partial charge in [-0.15, -0.1) is 0 Å². The number of carbonyl (C=O) groups excluding carboxylic acids is 1. The lowest BCUT2D eigenvalue weighted by atomic mass is 9.93. The number of hydrogen-bond acceptors (Lipinski definition) is 3. The fourth-order valence-electron chi connectivity index (χ4n) is 4.07. The second-order valence-corrected chi connectivity index (χ2v) is 6.12. The van der Waals surface area contributed by atoms with Crippen molar-refractivity contribution in [2.24, 2.45) is 11.8 Å². The summed E-state index contributed by atoms with van der Waals surface area (Å²) >= 11 is 0. The number of hydrogen-bond donors (Lipinski definition) is 1. The molecule has 102 valence electrons. The van der Waals surface area contributed by atoms with Gasteiger partial charge >= 0.3 is 0 Å². The van der Waals surface area contributed by atoms with Gasteiger partial charge in [0.25, 0.3) is 0 Å². The molecule has 3 fully saturated rings. The molecule has 0 bridgehead atoms. The quantitative estimate of drug-likeness (QED) is 0.797. The van der Waals surface area contributed by atoms with Crippen LogP contribution in [0.4, 0.5) is 0 Å². The summed E-state index contributed by atoms with van der Waals surface area (Å²) in [6.07, 6.45) is 4.98. The number of nitrogens with zero attached hydrogens (tertiary/aromatic N) is 1. The Morgan fingerprint density at radius 3 is 2.89 bits per heavy atom. The summed E-state index contributed by atoms with van der Waals surface area (Å²) in [6.45, 7) is 3.89. The zero-order valence-electron chi connectivity index (χ0n) is 11.4. The van der Waals surface area contributed by atoms with Gasteiger partial charge in [0, 0.05) is 13.7 Å². The number of carbonyl (C=O) groups is 1. The van der Waals surface area contributed by atoms with Gasteiger partial charge in [-0.2, -0.15) is 0 Å². The Morgan fingerprint density at radius 2 is 2.17 bits per heavy atom. The van der Waals surface area contributed by atoms with Crippen LogP contribution in [0.3, 0.4) is 0 Å². The molecule has 2 heterocycles. The molecule has 0 radical (unpaired) electrons. The highest BCUT2D eigenvalue weighted by atomic mass is 16.5. The fraction of sp³-hybridized carbons (Fsp3) is 0.929. The van der Waals surface area contributed by atoms with Crippen molar-refractivity contribution in [1.82, 2.24) is 10.2 Å². The van der Waals surface area contributed by atoms with E-state index in [0.717, 1.165) is 25.5 Å². The van der Waals surface area contributed by atoms with E-state index in [9.17, 15) is 4.79 Å². The molecule has 0 aromatic rings. The number of nitrogens with one attached hydrogen (secondary N) is 1. The number of rotatable bonds is 2. The van der Waals surface area contributed by atoms with Crippen LogP contribution in [0.1, 0.15) is 32.6 Å². The number of likely N-dealkylation sites (N-methyl/N-ethyl adjacent to an activating group) is 1. The monoisotopic (exact) mass is 252 g/mol. The molecule has 0 aromatic heterocycles. The van der Waals surface area contributed by atoms with Gasteiger partial charge in [-0.1, -0.05) is 6.42 Å². The third kappa shape index (κ3) is 1.95. The smallest absolute Gasteiger partial charge is 0.240 e. The summed E-state index contributed by atoms with van der Waals surface area (Å²) in [5.74, 6) is 1.61. The summed E-state index contributed by atoms with van der Waals surface area (Å²) in [4.78, 5) is 14.6. The van der Waals surface area contributed by atoms with E-state index in [2.05, 4.69) is 12.2 Å². The molecule has 3 aliphatic rings. The van der Waals surface area contributed by atoms with Gasteiger partial charge in [0.15, 0.2) is 0 Å². The van der Waals surface area contributed by atoms with E-state index in [1.807, 2.05) is 11.9 Å². The van der Waals surface area contributed by atoms with Crippen LogP contribution in [0, 0.1) is 11.8 Å². The van der Waals surface area contributed by atoms with E-state index >= 15 is 0 Å². The third-order valence-electron chi connectivity index (χ3n) is 5.19. The van der Waals surface area contributed by atoms with Gasteiger partial charge < -0.3 is 15.0 Å². The van der Waals surface area contributed by atoms with E-state index < -0.39 is 0 Å². The SMILES string of the molecule is CC1OCCC1N(C)C(=O)C1NCC2CCCC21. The normalized spacial score (nSPS) is 43.1. The molecule has 2 aliphatic heterocycles. The number of fused-ring (bicyclic) bond motifs is 1. The maximum absolute atomic E-state index is 12.6. The van der Waals surface area contributed by atoms with Crippen molar-refractivity contribution >= 4 is 5.91 Å². The topological polar surface area (TPSA) is 41.6 Å². The first-order valence-electron chi connectivity index (χ1n) is 7.30. The molecule has 1 saturated carbocycles. The Labute approximate surface area is 109 Å². The van der Waals surface area contributed by atoms with Gasteiger partial charge in [-0.3, -0.25) is 4.79 Å². The maximum Gasteiger partial charge on any atom is 0.240 e. The molecule has 4 heteroatoms. The zero-order valence-corrected chi connectivity index (χ0v) is 11.4. The standard InChI is InChI=1S/C14H24N2O2/c1-9-12(6-7-18-9)16(2)14(17)13-11-5-3-4-10(11)8-15-13/h9-13,15H,3-8H2,1-2H3. The summed E-state index contributed by atoms with van der Waals surface area (Å²) in [7, 11) is 1.95. The molecule has 18 heavy (non-hydrogen) atoms. The first kappa shape index (κ1) is 12.4. The molecule has 0 spiro atoms. The minimum atomic E-state index is 0.0651. The molecule has 5 atom stereocenters. The zero-order chi connectivity index (χ0) is 12.7. The van der Waals surface area contributed by atoms with Crippen molar-refractivity contribution < 1.29 is 9.53 Å². The summed E-state index contributed by atoms with van der Waals surface area (Å²) in [5, 5.41) is 3.45. The lowest BCUT2D eigenvalue weighted by molar-refractivity contribution is -0.135. The van der Waals surface area contributed by atoms with E-state index in [4.69, 9.17) is 4.74 Å². The second-order valence-electron chi connectivity index (χ2n) is 6.12. The van der Waals surface area contributed by atoms with E-state index in [1.165, 1.54) is 19.3 Å². The van der Waals surface area contributed by atoms with Crippen molar-refractivity contribution in [2.45, 2.75) is 50.8 Å². The van der Waals surface area contributed by atoms with Gasteiger partial charge in [0.2, 0.25) is 5.91 Å². The lowest BCUT2D eigenvalue weighted by Gasteiger charge is -2.30. The molecular weight excluding hydrogens is 228 g/mol. The Morgan fingerprint density at radius 1 is 1.33 bits per heavy atom. The highest BCUT2D eigenvalue weighted by molar-refractivity contribution is 5.83. The second kappa shape index (κ2) is 4.82. The summed E-state index contributed by atoms with van der Waals surface area (Å²) < 4.78 is 5.57. The van der Waals surface area contributed by atoms with Crippen molar-refractivity contribution in [3.8, 4) is 0 Å². The van der Waals surface area contributed by atoms with E-state index in [-0.39, 0.29) is 24.1 Å². The summed E-state index contributed by atoms with van der Waals surface area (Å²) in [6, 6.07) is 0.329. The first-order valence-corrected chi connectivity index (χ1v) is 7.30. The van der Waals surface area contributed by atoms with Crippen LogP contribution >= 0.6 is 0 Å². The van der Waals surface area contributed by atoms with E-state index in [0.29, 0.717) is 5.92 Å². The Hall–Kier alpha value is -0.610. The van der Waals surface area contributed by atoms with Gasteiger partial charge in [0.1, 0.15) is 0 Å². The van der Waals surface area contributed by atoms with Crippen LogP contribution in [0.2, 0.25) is 0 Å². The molecule has 1 aliphatic carbocycles. The highest BCUT2D eigenvalue weighted by Crippen LogP contribution is 2.38. The molecule has 0 aromatic carbocycles. The molecule has 2 saturated heterocycles. The maximum atomic E-state index is 12.6. The molecular formula is C14H24N2O2. The fourth-order valence-corrected chi connectivity index (χ4v) is 4.07. The molecule has 5 unspecified atom stereocenters. The van der Waals surface area contributed by atoms with Crippen LogP contribution in [-0.2, 0) is 9.53 Å². The Bertz CT molecular complexity index is 334. The summed E-state index contributed by atoms with van der Waals surface area (Å²) in [5.41, 5.74) is 0. The van der Waals surface area contributed by atoms with Crippen LogP contribution in [0.5, 0.6) is 0 Å². The van der Waals surface area contributed by atoms with Gasteiger partial charge in [-0.05, 0) is 44.6 Å². The lowest BCUT2D eigenvalue weighted by Crippen LogP contribution is -2.50. The van der Waals surface area contributed by atoms with E-state index in [1.54, 1.807) is 0 Å². The highest BCUT2D eigenvalue weighted by Gasteiger charge is 2.44. The average molecular weight is 252 g/mol. The first-order chi connectivity index (χ1) is 8.68. The molecule has 3 rings (SSSR count). The molecule has 1 N–H and O–H groups in total. The van der Waals surface area contributed by atoms with Crippen molar-refractivity contribution in [3.63, 3.8) is 0 Å². The van der Waals surface area contributed by atoms with Crippen LogP contribution in [0.25, 0.3) is 0 Å². The van der Waals surface area contributed by atoms with Gasteiger partial charge in [-0.25, -0.2) is 0 Å². The van der Waals surface area contributed by atoms with Crippen LogP contribution in [-0.4, -0.2) is 49.2 Å². The largest absolute Gasteiger partial charge is 0.376 e. The van der Waals surface area contributed by atoms with Crippen molar-refractivity contribution in [3.05, 3.63) is 0 Å². The van der Waals surface area contributed by atoms with Crippen molar-refractivity contribution in [1.29, 1.82) is 0 Å². The minimum absolute atomic E-state index is 0.0651. The predicted octanol–water partition coefficient (Wildman–Crippen LogP) is 1.01. The molecule has 1 amide bonds. The van der Waals surface area contributed by atoms with Crippen LogP contribution < -0.4 is 5.32 Å². The Kier molecular flexibility index (Phi) is 3.32. The third-order valence-corrected chi connectivity index (χ3v) is 5.19. The predicted molar refractivity (Wildman–Crippen MR) is 69.2 cm³/mol. The van der Waals surface area contributed by atoms with Gasteiger partial charge in [0.05, 0.1) is 18.2 Å². The minimum Gasteiger partial charge on any atom is -0.376 e. The number of ether oxygens (including phenoxy) is 1. The van der Waals surface area contributed by atoms with Crippen LogP contribution in [0.15, 0.2) is 0 Å². The molecule has 4 nitrogen and oxygen atoms in total. The Balaban J connectivity index is 1.67. The van der Waals surface area contributed by atoms with Crippen molar-refractivity contribution in [2.75, 3.05) is 20.2 Å².